The van der Waals surface area contributed by atoms with Crippen LogP contribution in [0.25, 0.3) is 10.2 Å². The van der Waals surface area contributed by atoms with Crippen molar-refractivity contribution >= 4 is 73.5 Å². The molecule has 8 nitrogen and oxygen atoms in total. The summed E-state index contributed by atoms with van der Waals surface area (Å²) < 4.78 is 2.80. The number of nitrogens with one attached hydrogen (secondary N) is 2. The number of para-hydroxylation sites is 1. The molecule has 0 aliphatic carbocycles. The van der Waals surface area contributed by atoms with Gasteiger partial charge in [0.25, 0.3) is 5.91 Å². The van der Waals surface area contributed by atoms with Gasteiger partial charge in [-0.15, -0.1) is 16.8 Å². The third kappa shape index (κ3) is 6.02. The molecule has 4 rings (SSSR count). The largest absolute Gasteiger partial charge is 0.342 e. The molecule has 2 amide bonds. The minimum atomic E-state index is -0.479. The fourth-order valence-corrected chi connectivity index (χ4v) is 5.38. The van der Waals surface area contributed by atoms with Gasteiger partial charge in [-0.25, -0.2) is 4.98 Å². The highest BCUT2D eigenvalue weighted by atomic mass is 35.5. The SMILES string of the molecule is C=CCn1c(SCC(=O)Nc2nc3ccccc3s2)nnc1C(C)NC(=O)c1ccc(Cl)cc1Cl. The summed E-state index contributed by atoms with van der Waals surface area (Å²) in [7, 11) is 0. The average Bonchev–Trinajstić information content (AvgIpc) is 3.41. The average molecular weight is 547 g/mol. The van der Waals surface area contributed by atoms with Gasteiger partial charge in [-0.2, -0.15) is 0 Å². The second-order valence-corrected chi connectivity index (χ2v) is 10.2. The molecule has 0 aliphatic rings. The van der Waals surface area contributed by atoms with E-state index in [0.29, 0.717) is 33.2 Å². The fraction of sp³-hybridized carbons (Fsp3) is 0.174. The predicted molar refractivity (Wildman–Crippen MR) is 142 cm³/mol. The maximum absolute atomic E-state index is 12.7. The number of carbonyl (C=O) groups is 2. The Morgan fingerprint density at radius 1 is 1.23 bits per heavy atom. The van der Waals surface area contributed by atoms with E-state index in [2.05, 4.69) is 32.4 Å². The first kappa shape index (κ1) is 25.2. The van der Waals surface area contributed by atoms with E-state index in [1.807, 2.05) is 24.3 Å². The number of halogens is 2. The molecule has 0 radical (unpaired) electrons. The molecule has 4 aromatic rings. The van der Waals surface area contributed by atoms with Crippen LogP contribution in [0, 0.1) is 0 Å². The van der Waals surface area contributed by atoms with E-state index in [0.717, 1.165) is 10.2 Å². The molecule has 2 N–H and O–H groups in total. The van der Waals surface area contributed by atoms with Crippen LogP contribution >= 0.6 is 46.3 Å². The summed E-state index contributed by atoms with van der Waals surface area (Å²) in [6, 6.07) is 11.9. The Hall–Kier alpha value is -2.92. The second-order valence-electron chi connectivity index (χ2n) is 7.38. The molecule has 0 aliphatic heterocycles. The molecule has 35 heavy (non-hydrogen) atoms. The first-order valence-corrected chi connectivity index (χ1v) is 13.0. The van der Waals surface area contributed by atoms with Gasteiger partial charge in [-0.3, -0.25) is 9.59 Å². The molecule has 0 spiro atoms. The number of fused-ring (bicyclic) bond motifs is 1. The molecular formula is C23H20Cl2N6O2S2. The van der Waals surface area contributed by atoms with Gasteiger partial charge >= 0.3 is 0 Å². The Bertz CT molecular complexity index is 1370. The number of anilines is 1. The van der Waals surface area contributed by atoms with Crippen LogP contribution in [-0.2, 0) is 11.3 Å². The van der Waals surface area contributed by atoms with Crippen LogP contribution in [0.15, 0.2) is 60.3 Å². The molecule has 0 bridgehead atoms. The third-order valence-corrected chi connectivity index (χ3v) is 7.31. The predicted octanol–water partition coefficient (Wildman–Crippen LogP) is 5.60. The van der Waals surface area contributed by atoms with Gasteiger partial charge in [-0.1, -0.05) is 64.5 Å². The minimum Gasteiger partial charge on any atom is -0.342 e. The molecule has 1 atom stereocenters. The van der Waals surface area contributed by atoms with Crippen LogP contribution in [0.5, 0.6) is 0 Å². The standard InChI is InChI=1S/C23H20Cl2N6O2S2/c1-3-10-31-20(13(2)26-21(33)15-9-8-14(24)11-16(15)25)29-30-23(31)34-12-19(32)28-22-27-17-6-4-5-7-18(17)35-22/h3-9,11,13H,1,10,12H2,2H3,(H,26,33)(H,27,28,32). The van der Waals surface area contributed by atoms with Gasteiger partial charge in [0, 0.05) is 11.6 Å². The second kappa shape index (κ2) is 11.2. The molecular weight excluding hydrogens is 527 g/mol. The van der Waals surface area contributed by atoms with E-state index >= 15 is 0 Å². The molecule has 0 fully saturated rings. The quantitative estimate of drug-likeness (QED) is 0.209. The first-order chi connectivity index (χ1) is 16.9. The van der Waals surface area contributed by atoms with Crippen LogP contribution in [0.3, 0.4) is 0 Å². The molecule has 180 valence electrons. The number of aromatic nitrogens is 4. The number of benzene rings is 2. The number of rotatable bonds is 9. The van der Waals surface area contributed by atoms with E-state index in [1.54, 1.807) is 29.7 Å². The van der Waals surface area contributed by atoms with E-state index < -0.39 is 6.04 Å². The monoisotopic (exact) mass is 546 g/mol. The van der Waals surface area contributed by atoms with Crippen molar-refractivity contribution in [2.75, 3.05) is 11.1 Å². The lowest BCUT2D eigenvalue weighted by atomic mass is 10.2. The van der Waals surface area contributed by atoms with Crippen molar-refractivity contribution in [1.82, 2.24) is 25.1 Å². The molecule has 2 heterocycles. The topological polar surface area (TPSA) is 102 Å². The summed E-state index contributed by atoms with van der Waals surface area (Å²) >= 11 is 14.7. The Morgan fingerprint density at radius 2 is 2.03 bits per heavy atom. The Morgan fingerprint density at radius 3 is 2.77 bits per heavy atom. The van der Waals surface area contributed by atoms with Gasteiger partial charge < -0.3 is 15.2 Å². The number of thioether (sulfide) groups is 1. The summed E-state index contributed by atoms with van der Waals surface area (Å²) in [6.45, 7) is 5.99. The molecule has 0 saturated carbocycles. The number of thiazole rings is 1. The smallest absolute Gasteiger partial charge is 0.253 e. The number of carbonyl (C=O) groups excluding carboxylic acids is 2. The zero-order chi connectivity index (χ0) is 24.9. The van der Waals surface area contributed by atoms with Crippen molar-refractivity contribution in [1.29, 1.82) is 0 Å². The zero-order valence-electron chi connectivity index (χ0n) is 18.5. The molecule has 1 unspecified atom stereocenters. The van der Waals surface area contributed by atoms with Gasteiger partial charge in [0.05, 0.1) is 32.6 Å². The Balaban J connectivity index is 1.42. The van der Waals surface area contributed by atoms with Crippen LogP contribution in [0.2, 0.25) is 10.0 Å². The van der Waals surface area contributed by atoms with Crippen LogP contribution < -0.4 is 10.6 Å². The van der Waals surface area contributed by atoms with Crippen molar-refractivity contribution in [2.45, 2.75) is 24.7 Å². The van der Waals surface area contributed by atoms with Gasteiger partial charge in [0.15, 0.2) is 16.1 Å². The lowest BCUT2D eigenvalue weighted by Gasteiger charge is -2.15. The van der Waals surface area contributed by atoms with Crippen molar-refractivity contribution in [3.05, 3.63) is 76.6 Å². The van der Waals surface area contributed by atoms with E-state index in [1.165, 1.54) is 29.2 Å². The zero-order valence-corrected chi connectivity index (χ0v) is 21.6. The highest BCUT2D eigenvalue weighted by molar-refractivity contribution is 7.99. The number of hydrogen-bond donors (Lipinski definition) is 2. The van der Waals surface area contributed by atoms with Crippen LogP contribution in [0.4, 0.5) is 5.13 Å². The van der Waals surface area contributed by atoms with E-state index in [9.17, 15) is 9.59 Å². The molecule has 12 heteroatoms. The molecule has 0 saturated heterocycles. The molecule has 2 aromatic heterocycles. The maximum atomic E-state index is 12.7. The summed E-state index contributed by atoms with van der Waals surface area (Å²) in [5.74, 6) is 0.0726. The van der Waals surface area contributed by atoms with Crippen molar-refractivity contribution < 1.29 is 9.59 Å². The summed E-state index contributed by atoms with van der Waals surface area (Å²) in [6.07, 6.45) is 1.70. The van der Waals surface area contributed by atoms with Gasteiger partial charge in [0.1, 0.15) is 0 Å². The van der Waals surface area contributed by atoms with Gasteiger partial charge in [-0.05, 0) is 37.3 Å². The number of allylic oxidation sites excluding steroid dienone is 1. The Kier molecular flexibility index (Phi) is 8.07. The van der Waals surface area contributed by atoms with Crippen LogP contribution in [-0.4, -0.2) is 37.3 Å². The lowest BCUT2D eigenvalue weighted by Crippen LogP contribution is -2.29. The van der Waals surface area contributed by atoms with Crippen molar-refractivity contribution in [3.63, 3.8) is 0 Å². The highest BCUT2D eigenvalue weighted by Gasteiger charge is 2.21. The van der Waals surface area contributed by atoms with Gasteiger partial charge in [0.2, 0.25) is 5.91 Å². The third-order valence-electron chi connectivity index (χ3n) is 4.84. The molecule has 2 aromatic carbocycles. The highest BCUT2D eigenvalue weighted by Crippen LogP contribution is 2.27. The maximum Gasteiger partial charge on any atom is 0.253 e. The van der Waals surface area contributed by atoms with Crippen LogP contribution in [0.1, 0.15) is 29.1 Å². The number of nitrogens with zero attached hydrogens (tertiary/aromatic N) is 4. The summed E-state index contributed by atoms with van der Waals surface area (Å²) in [4.78, 5) is 29.6. The normalized spacial score (nSPS) is 11.9. The lowest BCUT2D eigenvalue weighted by molar-refractivity contribution is -0.113. The Labute approximate surface area is 219 Å². The number of amides is 2. The fourth-order valence-electron chi connectivity index (χ4n) is 3.25. The minimum absolute atomic E-state index is 0.117. The summed E-state index contributed by atoms with van der Waals surface area (Å²) in [5.41, 5.74) is 1.14. The van der Waals surface area contributed by atoms with Crippen molar-refractivity contribution in [2.24, 2.45) is 0 Å². The van der Waals surface area contributed by atoms with E-state index in [4.69, 9.17) is 23.2 Å². The van der Waals surface area contributed by atoms with Crippen molar-refractivity contribution in [3.8, 4) is 0 Å². The van der Waals surface area contributed by atoms with E-state index in [-0.39, 0.29) is 22.6 Å². The number of hydrogen-bond acceptors (Lipinski definition) is 7. The summed E-state index contributed by atoms with van der Waals surface area (Å²) in [5, 5.41) is 15.9. The first-order valence-electron chi connectivity index (χ1n) is 10.4.